The number of hydrogen-bond donors (Lipinski definition) is 1. The standard InChI is InChI=1S/C16H14N2O2/c1-2-18-10-13(9-17-18)14-7-11-5-3-4-6-12(11)8-15(14)16(19)20/h3-10H,2H2,1H3,(H,19,20). The van der Waals surface area contributed by atoms with Crippen LogP contribution in [0.15, 0.2) is 48.8 Å². The van der Waals surface area contributed by atoms with Crippen LogP contribution in [0.2, 0.25) is 0 Å². The molecule has 20 heavy (non-hydrogen) atoms. The van der Waals surface area contributed by atoms with Crippen molar-refractivity contribution >= 4 is 16.7 Å². The van der Waals surface area contributed by atoms with Gasteiger partial charge in [0.2, 0.25) is 0 Å². The Morgan fingerprint density at radius 2 is 1.95 bits per heavy atom. The number of carbonyl (C=O) groups is 1. The zero-order valence-corrected chi connectivity index (χ0v) is 11.1. The Bertz CT molecular complexity index is 790. The molecule has 0 saturated heterocycles. The molecular weight excluding hydrogens is 252 g/mol. The third-order valence-corrected chi connectivity index (χ3v) is 3.38. The zero-order chi connectivity index (χ0) is 14.1. The second-order valence-corrected chi connectivity index (χ2v) is 4.63. The molecule has 1 heterocycles. The van der Waals surface area contributed by atoms with Gasteiger partial charge in [0.1, 0.15) is 0 Å². The first-order valence-corrected chi connectivity index (χ1v) is 6.48. The normalized spacial score (nSPS) is 10.8. The van der Waals surface area contributed by atoms with Crippen LogP contribution < -0.4 is 0 Å². The number of benzene rings is 2. The minimum Gasteiger partial charge on any atom is -0.478 e. The van der Waals surface area contributed by atoms with E-state index in [2.05, 4.69) is 5.10 Å². The largest absolute Gasteiger partial charge is 0.478 e. The summed E-state index contributed by atoms with van der Waals surface area (Å²) in [7, 11) is 0. The van der Waals surface area contributed by atoms with Crippen molar-refractivity contribution in [3.8, 4) is 11.1 Å². The molecule has 0 radical (unpaired) electrons. The lowest BCUT2D eigenvalue weighted by Gasteiger charge is -2.07. The number of aromatic carboxylic acids is 1. The molecule has 3 aromatic rings. The van der Waals surface area contributed by atoms with E-state index in [0.717, 1.165) is 22.9 Å². The maximum atomic E-state index is 11.5. The van der Waals surface area contributed by atoms with E-state index in [4.69, 9.17) is 0 Å². The van der Waals surface area contributed by atoms with Crippen molar-refractivity contribution < 1.29 is 9.90 Å². The van der Waals surface area contributed by atoms with E-state index in [1.54, 1.807) is 16.9 Å². The first-order chi connectivity index (χ1) is 9.69. The smallest absolute Gasteiger partial charge is 0.336 e. The third-order valence-electron chi connectivity index (χ3n) is 3.38. The Labute approximate surface area is 116 Å². The maximum absolute atomic E-state index is 11.5. The molecule has 0 unspecified atom stereocenters. The lowest BCUT2D eigenvalue weighted by atomic mass is 9.97. The van der Waals surface area contributed by atoms with E-state index in [0.29, 0.717) is 11.1 Å². The molecule has 1 aromatic heterocycles. The molecular formula is C16H14N2O2. The van der Waals surface area contributed by atoms with Gasteiger partial charge in [-0.1, -0.05) is 24.3 Å². The van der Waals surface area contributed by atoms with Gasteiger partial charge in [0.15, 0.2) is 0 Å². The average molecular weight is 266 g/mol. The van der Waals surface area contributed by atoms with Gasteiger partial charge in [0, 0.05) is 18.3 Å². The number of aryl methyl sites for hydroxylation is 1. The van der Waals surface area contributed by atoms with E-state index in [1.165, 1.54) is 0 Å². The SMILES string of the molecule is CCn1cc(-c2cc3ccccc3cc2C(=O)O)cn1. The maximum Gasteiger partial charge on any atom is 0.336 e. The van der Waals surface area contributed by atoms with Crippen molar-refractivity contribution in [1.82, 2.24) is 9.78 Å². The second-order valence-electron chi connectivity index (χ2n) is 4.63. The lowest BCUT2D eigenvalue weighted by molar-refractivity contribution is 0.0698. The summed E-state index contributed by atoms with van der Waals surface area (Å²) in [4.78, 5) is 11.5. The molecule has 2 aromatic carbocycles. The van der Waals surface area contributed by atoms with Crippen molar-refractivity contribution in [3.05, 3.63) is 54.4 Å². The van der Waals surface area contributed by atoms with Crippen LogP contribution >= 0.6 is 0 Å². The van der Waals surface area contributed by atoms with Crippen LogP contribution in [0.3, 0.4) is 0 Å². The number of hydrogen-bond acceptors (Lipinski definition) is 2. The fourth-order valence-electron chi connectivity index (χ4n) is 2.33. The molecule has 4 nitrogen and oxygen atoms in total. The predicted octanol–water partition coefficient (Wildman–Crippen LogP) is 3.42. The summed E-state index contributed by atoms with van der Waals surface area (Å²) in [6.07, 6.45) is 3.58. The third kappa shape index (κ3) is 2.05. The van der Waals surface area contributed by atoms with Gasteiger partial charge in [0.05, 0.1) is 11.8 Å². The lowest BCUT2D eigenvalue weighted by Crippen LogP contribution is -1.99. The van der Waals surface area contributed by atoms with Gasteiger partial charge in [0.25, 0.3) is 0 Å². The Kier molecular flexibility index (Phi) is 2.99. The first-order valence-electron chi connectivity index (χ1n) is 6.48. The number of carboxylic acid groups (broad SMARTS) is 1. The molecule has 1 N–H and O–H groups in total. The van der Waals surface area contributed by atoms with Crippen molar-refractivity contribution in [2.75, 3.05) is 0 Å². The molecule has 100 valence electrons. The Morgan fingerprint density at radius 3 is 2.55 bits per heavy atom. The average Bonchev–Trinajstić information content (AvgIpc) is 2.94. The molecule has 0 amide bonds. The van der Waals surface area contributed by atoms with Crippen LogP contribution in [-0.4, -0.2) is 20.9 Å². The minimum atomic E-state index is -0.921. The van der Waals surface area contributed by atoms with Gasteiger partial charge in [-0.05, 0) is 35.4 Å². The highest BCUT2D eigenvalue weighted by molar-refractivity contribution is 6.02. The number of rotatable bonds is 3. The van der Waals surface area contributed by atoms with E-state index in [9.17, 15) is 9.90 Å². The first kappa shape index (κ1) is 12.4. The summed E-state index contributed by atoms with van der Waals surface area (Å²) in [5, 5.41) is 15.6. The molecule has 0 aliphatic rings. The fourth-order valence-corrected chi connectivity index (χ4v) is 2.33. The Balaban J connectivity index is 2.26. The Hall–Kier alpha value is -2.62. The number of aromatic nitrogens is 2. The van der Waals surface area contributed by atoms with Crippen molar-refractivity contribution in [2.24, 2.45) is 0 Å². The van der Waals surface area contributed by atoms with Gasteiger partial charge in [-0.3, -0.25) is 4.68 Å². The summed E-state index contributed by atoms with van der Waals surface area (Å²) in [6, 6.07) is 11.4. The molecule has 4 heteroatoms. The van der Waals surface area contributed by atoms with Crippen molar-refractivity contribution in [3.63, 3.8) is 0 Å². The van der Waals surface area contributed by atoms with E-state index in [1.807, 2.05) is 43.5 Å². The van der Waals surface area contributed by atoms with Crippen LogP contribution in [0.4, 0.5) is 0 Å². The topological polar surface area (TPSA) is 55.1 Å². The molecule has 0 bridgehead atoms. The molecule has 0 aliphatic carbocycles. The minimum absolute atomic E-state index is 0.305. The molecule has 0 spiro atoms. The van der Waals surface area contributed by atoms with Gasteiger partial charge in [-0.2, -0.15) is 5.10 Å². The van der Waals surface area contributed by atoms with Gasteiger partial charge in [-0.15, -0.1) is 0 Å². The molecule has 0 saturated carbocycles. The van der Waals surface area contributed by atoms with Crippen molar-refractivity contribution in [1.29, 1.82) is 0 Å². The van der Waals surface area contributed by atoms with Crippen molar-refractivity contribution in [2.45, 2.75) is 13.5 Å². The fraction of sp³-hybridized carbons (Fsp3) is 0.125. The van der Waals surface area contributed by atoms with E-state index < -0.39 is 5.97 Å². The van der Waals surface area contributed by atoms with Crippen LogP contribution in [0.1, 0.15) is 17.3 Å². The zero-order valence-electron chi connectivity index (χ0n) is 11.1. The summed E-state index contributed by atoms with van der Waals surface area (Å²) in [5.41, 5.74) is 1.84. The predicted molar refractivity (Wildman–Crippen MR) is 77.8 cm³/mol. The summed E-state index contributed by atoms with van der Waals surface area (Å²) in [5.74, 6) is -0.921. The van der Waals surface area contributed by atoms with E-state index in [-0.39, 0.29) is 0 Å². The highest BCUT2D eigenvalue weighted by atomic mass is 16.4. The number of fused-ring (bicyclic) bond motifs is 1. The number of carboxylic acids is 1. The molecule has 0 atom stereocenters. The van der Waals surface area contributed by atoms with Gasteiger partial charge < -0.3 is 5.11 Å². The van der Waals surface area contributed by atoms with Gasteiger partial charge in [-0.25, -0.2) is 4.79 Å². The molecule has 3 rings (SSSR count). The number of nitrogens with zero attached hydrogens (tertiary/aromatic N) is 2. The van der Waals surface area contributed by atoms with E-state index >= 15 is 0 Å². The second kappa shape index (κ2) is 4.81. The molecule has 0 aliphatic heterocycles. The highest BCUT2D eigenvalue weighted by Gasteiger charge is 2.14. The van der Waals surface area contributed by atoms with Gasteiger partial charge >= 0.3 is 5.97 Å². The monoisotopic (exact) mass is 266 g/mol. The highest BCUT2D eigenvalue weighted by Crippen LogP contribution is 2.28. The summed E-state index contributed by atoms with van der Waals surface area (Å²) in [6.45, 7) is 2.76. The van der Waals surface area contributed by atoms with Crippen LogP contribution in [-0.2, 0) is 6.54 Å². The van der Waals surface area contributed by atoms with Crippen LogP contribution in [0.5, 0.6) is 0 Å². The molecule has 0 fully saturated rings. The summed E-state index contributed by atoms with van der Waals surface area (Å²) < 4.78 is 1.79. The van der Waals surface area contributed by atoms with Crippen LogP contribution in [0, 0.1) is 0 Å². The van der Waals surface area contributed by atoms with Crippen LogP contribution in [0.25, 0.3) is 21.9 Å². The quantitative estimate of drug-likeness (QED) is 0.790. The Morgan fingerprint density at radius 1 is 1.25 bits per heavy atom. The summed E-state index contributed by atoms with van der Waals surface area (Å²) >= 11 is 0.